The molecule has 0 saturated heterocycles. The number of nitrogens with zero attached hydrogens (tertiary/aromatic N) is 1. The predicted octanol–water partition coefficient (Wildman–Crippen LogP) is 1.97. The zero-order valence-electron chi connectivity index (χ0n) is 12.5. The lowest BCUT2D eigenvalue weighted by Crippen LogP contribution is -2.32. The molecule has 1 aromatic carbocycles. The quantitative estimate of drug-likeness (QED) is 0.592. The van der Waals surface area contributed by atoms with Crippen LogP contribution in [0.1, 0.15) is 25.8 Å². The van der Waals surface area contributed by atoms with Crippen LogP contribution in [0.5, 0.6) is 5.75 Å². The number of hydrogen-bond donors (Lipinski definition) is 2. The van der Waals surface area contributed by atoms with Crippen LogP contribution < -0.4 is 10.1 Å². The smallest absolute Gasteiger partial charge is 0.341 e. The van der Waals surface area contributed by atoms with E-state index in [0.717, 1.165) is 6.42 Å². The van der Waals surface area contributed by atoms with Gasteiger partial charge in [-0.1, -0.05) is 19.1 Å². The third kappa shape index (κ3) is 5.67. The zero-order chi connectivity index (χ0) is 16.5. The SMILES string of the molecule is CC[C@H](C)NC(=O)/C(C#N)=C/c1cccc(OCC(=O)O)c1. The molecule has 0 aromatic heterocycles. The number of nitriles is 1. The number of benzene rings is 1. The molecule has 6 heteroatoms. The van der Waals surface area contributed by atoms with Crippen molar-refractivity contribution in [2.24, 2.45) is 0 Å². The average molecular weight is 302 g/mol. The molecule has 116 valence electrons. The second-order valence-electron chi connectivity index (χ2n) is 4.71. The molecule has 1 rings (SSSR count). The van der Waals surface area contributed by atoms with Crippen LogP contribution in [-0.2, 0) is 9.59 Å². The van der Waals surface area contributed by atoms with Crippen molar-refractivity contribution in [3.05, 3.63) is 35.4 Å². The van der Waals surface area contributed by atoms with Crippen LogP contribution in [0.25, 0.3) is 6.08 Å². The Morgan fingerprint density at radius 2 is 2.23 bits per heavy atom. The maximum Gasteiger partial charge on any atom is 0.341 e. The van der Waals surface area contributed by atoms with E-state index in [0.29, 0.717) is 11.3 Å². The van der Waals surface area contributed by atoms with Gasteiger partial charge in [-0.25, -0.2) is 4.79 Å². The summed E-state index contributed by atoms with van der Waals surface area (Å²) in [5.74, 6) is -1.16. The fourth-order valence-electron chi connectivity index (χ4n) is 1.56. The Morgan fingerprint density at radius 1 is 1.50 bits per heavy atom. The number of hydrogen-bond acceptors (Lipinski definition) is 4. The van der Waals surface area contributed by atoms with Gasteiger partial charge in [-0.15, -0.1) is 0 Å². The largest absolute Gasteiger partial charge is 0.482 e. The molecule has 2 N–H and O–H groups in total. The van der Waals surface area contributed by atoms with Gasteiger partial charge in [-0.2, -0.15) is 5.26 Å². The minimum absolute atomic E-state index is 0.0179. The van der Waals surface area contributed by atoms with E-state index < -0.39 is 18.5 Å². The van der Waals surface area contributed by atoms with Crippen molar-refractivity contribution in [3.63, 3.8) is 0 Å². The van der Waals surface area contributed by atoms with Crippen molar-refractivity contribution < 1.29 is 19.4 Å². The average Bonchev–Trinajstić information content (AvgIpc) is 2.50. The van der Waals surface area contributed by atoms with Gasteiger partial charge in [0.25, 0.3) is 5.91 Å². The molecule has 1 aromatic rings. The number of carboxylic acids is 1. The molecular weight excluding hydrogens is 284 g/mol. The van der Waals surface area contributed by atoms with E-state index in [2.05, 4.69) is 5.32 Å². The number of aliphatic carboxylic acids is 1. The topological polar surface area (TPSA) is 99.4 Å². The van der Waals surface area contributed by atoms with Crippen LogP contribution in [0.3, 0.4) is 0 Å². The Bertz CT molecular complexity index is 617. The summed E-state index contributed by atoms with van der Waals surface area (Å²) in [4.78, 5) is 22.4. The number of carbonyl (C=O) groups is 2. The van der Waals surface area contributed by atoms with Crippen molar-refractivity contribution in [1.29, 1.82) is 5.26 Å². The molecule has 1 amide bonds. The number of amides is 1. The first-order chi connectivity index (χ1) is 10.5. The minimum atomic E-state index is -1.08. The Labute approximate surface area is 129 Å². The number of nitrogens with one attached hydrogen (secondary N) is 1. The summed E-state index contributed by atoms with van der Waals surface area (Å²) in [5.41, 5.74) is 0.564. The molecule has 0 spiro atoms. The molecule has 1 atom stereocenters. The summed E-state index contributed by atoms with van der Waals surface area (Å²) in [5, 5.41) is 20.4. The molecule has 22 heavy (non-hydrogen) atoms. The number of ether oxygens (including phenoxy) is 1. The highest BCUT2D eigenvalue weighted by molar-refractivity contribution is 6.01. The maximum absolute atomic E-state index is 11.9. The number of carboxylic acid groups (broad SMARTS) is 1. The normalized spacial score (nSPS) is 12.1. The highest BCUT2D eigenvalue weighted by Crippen LogP contribution is 2.16. The Morgan fingerprint density at radius 3 is 2.82 bits per heavy atom. The Hall–Kier alpha value is -2.81. The van der Waals surface area contributed by atoms with Crippen LogP contribution in [-0.4, -0.2) is 29.6 Å². The molecule has 0 radical (unpaired) electrons. The van der Waals surface area contributed by atoms with Gasteiger partial charge in [0.1, 0.15) is 17.4 Å². The van der Waals surface area contributed by atoms with E-state index in [4.69, 9.17) is 15.1 Å². The van der Waals surface area contributed by atoms with E-state index in [1.165, 1.54) is 6.08 Å². The molecule has 0 saturated carbocycles. The first kappa shape index (κ1) is 17.2. The van der Waals surface area contributed by atoms with Gasteiger partial charge >= 0.3 is 5.97 Å². The third-order valence-corrected chi connectivity index (χ3v) is 2.89. The summed E-state index contributed by atoms with van der Waals surface area (Å²) in [7, 11) is 0. The van der Waals surface area contributed by atoms with Gasteiger partial charge in [-0.05, 0) is 37.1 Å². The second kappa shape index (κ2) is 8.47. The summed E-state index contributed by atoms with van der Waals surface area (Å²) in [6.45, 7) is 3.34. The summed E-state index contributed by atoms with van der Waals surface area (Å²) in [6, 6.07) is 8.37. The van der Waals surface area contributed by atoms with Crippen LogP contribution in [0.2, 0.25) is 0 Å². The highest BCUT2D eigenvalue weighted by Gasteiger charge is 2.11. The molecule has 0 aliphatic heterocycles. The molecule has 0 aliphatic rings. The standard InChI is InChI=1S/C16H18N2O4/c1-3-11(2)18-16(21)13(9-17)7-12-5-4-6-14(8-12)22-10-15(19)20/h4-8,11H,3,10H2,1-2H3,(H,18,21)(H,19,20)/b13-7+/t11-/m0/s1. The van der Waals surface area contributed by atoms with E-state index in [9.17, 15) is 9.59 Å². The van der Waals surface area contributed by atoms with Crippen LogP contribution in [0.4, 0.5) is 0 Å². The van der Waals surface area contributed by atoms with Gasteiger partial charge in [0.2, 0.25) is 0 Å². The van der Waals surface area contributed by atoms with E-state index in [-0.39, 0.29) is 11.6 Å². The van der Waals surface area contributed by atoms with Crippen molar-refractivity contribution in [1.82, 2.24) is 5.32 Å². The number of carbonyl (C=O) groups excluding carboxylic acids is 1. The predicted molar refractivity (Wildman–Crippen MR) is 81.1 cm³/mol. The molecule has 0 unspecified atom stereocenters. The first-order valence-electron chi connectivity index (χ1n) is 6.83. The molecule has 0 fully saturated rings. The van der Waals surface area contributed by atoms with Crippen LogP contribution in [0.15, 0.2) is 29.8 Å². The van der Waals surface area contributed by atoms with Gasteiger partial charge in [0, 0.05) is 6.04 Å². The fourth-order valence-corrected chi connectivity index (χ4v) is 1.56. The molecule has 0 bridgehead atoms. The Kier molecular flexibility index (Phi) is 6.64. The van der Waals surface area contributed by atoms with E-state index in [1.807, 2.05) is 19.9 Å². The van der Waals surface area contributed by atoms with Gasteiger partial charge in [0.05, 0.1) is 0 Å². The lowest BCUT2D eigenvalue weighted by molar-refractivity contribution is -0.139. The van der Waals surface area contributed by atoms with Crippen molar-refractivity contribution in [2.45, 2.75) is 26.3 Å². The van der Waals surface area contributed by atoms with Gasteiger partial charge in [0.15, 0.2) is 6.61 Å². The van der Waals surface area contributed by atoms with Crippen molar-refractivity contribution >= 4 is 18.0 Å². The van der Waals surface area contributed by atoms with Gasteiger partial charge in [-0.3, -0.25) is 4.79 Å². The minimum Gasteiger partial charge on any atom is -0.482 e. The van der Waals surface area contributed by atoms with Crippen LogP contribution >= 0.6 is 0 Å². The highest BCUT2D eigenvalue weighted by atomic mass is 16.5. The zero-order valence-corrected chi connectivity index (χ0v) is 12.5. The summed E-state index contributed by atoms with van der Waals surface area (Å²) in [6.07, 6.45) is 2.20. The molecular formula is C16H18N2O4. The monoisotopic (exact) mass is 302 g/mol. The third-order valence-electron chi connectivity index (χ3n) is 2.89. The lowest BCUT2D eigenvalue weighted by atomic mass is 10.1. The van der Waals surface area contributed by atoms with Gasteiger partial charge < -0.3 is 15.2 Å². The van der Waals surface area contributed by atoms with Crippen molar-refractivity contribution in [3.8, 4) is 11.8 Å². The Balaban J connectivity index is 2.89. The molecule has 6 nitrogen and oxygen atoms in total. The fraction of sp³-hybridized carbons (Fsp3) is 0.312. The number of rotatable bonds is 7. The summed E-state index contributed by atoms with van der Waals surface area (Å²) < 4.78 is 5.05. The van der Waals surface area contributed by atoms with E-state index >= 15 is 0 Å². The van der Waals surface area contributed by atoms with Crippen LogP contribution in [0, 0.1) is 11.3 Å². The first-order valence-corrected chi connectivity index (χ1v) is 6.83. The van der Waals surface area contributed by atoms with E-state index in [1.54, 1.807) is 24.3 Å². The molecule has 0 aliphatic carbocycles. The second-order valence-corrected chi connectivity index (χ2v) is 4.71. The molecule has 0 heterocycles. The maximum atomic E-state index is 11.9. The van der Waals surface area contributed by atoms with Crippen molar-refractivity contribution in [2.75, 3.05) is 6.61 Å². The summed E-state index contributed by atoms with van der Waals surface area (Å²) >= 11 is 0. The lowest BCUT2D eigenvalue weighted by Gasteiger charge is -2.10.